The number of thiophene rings is 3. The third-order valence-electron chi connectivity index (χ3n) is 13.5. The molecule has 2 aromatic carbocycles. The van der Waals surface area contributed by atoms with Gasteiger partial charge in [0.2, 0.25) is 0 Å². The molecule has 5 aromatic rings. The van der Waals surface area contributed by atoms with Crippen LogP contribution in [-0.4, -0.2) is 28.8 Å². The molecule has 0 N–H and O–H groups in total. The summed E-state index contributed by atoms with van der Waals surface area (Å²) in [6, 6.07) is 15.8. The van der Waals surface area contributed by atoms with E-state index in [1.54, 1.807) is 34.0 Å². The molecule has 264 valence electrons. The zero-order valence-electron chi connectivity index (χ0n) is 30.1. The van der Waals surface area contributed by atoms with Crippen molar-refractivity contribution in [3.63, 3.8) is 0 Å². The summed E-state index contributed by atoms with van der Waals surface area (Å²) < 4.78 is 2.34. The van der Waals surface area contributed by atoms with E-state index < -0.39 is 0 Å². The average Bonchev–Trinajstić information content (AvgIpc) is 3.97. The lowest BCUT2D eigenvalue weighted by Crippen LogP contribution is -2.35. The zero-order chi connectivity index (χ0) is 36.3. The smallest absolute Gasteiger partial charge is 0.197 e. The van der Waals surface area contributed by atoms with E-state index in [-0.39, 0.29) is 57.1 Å². The number of hydrogen-bond donors (Lipinski definition) is 0. The van der Waals surface area contributed by atoms with Crippen molar-refractivity contribution < 1.29 is 19.2 Å². The molecule has 5 nitrogen and oxygen atoms in total. The van der Waals surface area contributed by atoms with E-state index in [0.717, 1.165) is 38.2 Å². The van der Waals surface area contributed by atoms with Gasteiger partial charge in [-0.25, -0.2) is 4.99 Å². The Morgan fingerprint density at radius 2 is 1.32 bits per heavy atom. The van der Waals surface area contributed by atoms with Crippen LogP contribution in [0.2, 0.25) is 0 Å². The van der Waals surface area contributed by atoms with Crippen molar-refractivity contribution in [2.24, 2.45) is 28.7 Å². The molecule has 6 aliphatic carbocycles. The summed E-state index contributed by atoms with van der Waals surface area (Å²) in [7, 11) is 0. The van der Waals surface area contributed by atoms with Crippen molar-refractivity contribution >= 4 is 105 Å². The number of rotatable bonds is 2. The minimum Gasteiger partial charge on any atom is -0.292 e. The summed E-state index contributed by atoms with van der Waals surface area (Å²) in [5.74, 6) is 0.345. The Labute approximate surface area is 319 Å². The van der Waals surface area contributed by atoms with Crippen molar-refractivity contribution in [1.29, 1.82) is 0 Å². The van der Waals surface area contributed by atoms with Crippen LogP contribution in [0.15, 0.2) is 59.1 Å². The van der Waals surface area contributed by atoms with Crippen LogP contribution in [0.25, 0.3) is 37.4 Å². The number of ketones is 4. The van der Waals surface area contributed by atoms with Gasteiger partial charge in [0.25, 0.3) is 0 Å². The molecule has 4 atom stereocenters. The lowest BCUT2D eigenvalue weighted by molar-refractivity contribution is -0.123. The SMILES string of the molecule is CC1(C)C2=C(c3sc(C=C4C(=O)c5cc6ccccc6cc5C4=O)cc31)C(C)(C)c1c2sc2cc(N=C3C(=O)C4CC5CCCCC5CC4C3=O)sc12. The molecule has 53 heavy (non-hydrogen) atoms. The molecule has 3 saturated carbocycles. The molecular weight excluding hydrogens is 715 g/mol. The van der Waals surface area contributed by atoms with Gasteiger partial charge in [0.05, 0.1) is 10.3 Å². The fourth-order valence-corrected chi connectivity index (χ4v) is 15.4. The molecule has 0 aliphatic heterocycles. The number of benzene rings is 2. The largest absolute Gasteiger partial charge is 0.292 e. The summed E-state index contributed by atoms with van der Waals surface area (Å²) in [5.41, 5.74) is 6.05. The lowest BCUT2D eigenvalue weighted by Gasteiger charge is -2.39. The number of carbonyl (C=O) groups excluding carboxylic acids is 4. The molecule has 4 unspecified atom stereocenters. The zero-order valence-corrected chi connectivity index (χ0v) is 32.5. The molecule has 0 radical (unpaired) electrons. The summed E-state index contributed by atoms with van der Waals surface area (Å²) in [4.78, 5) is 62.8. The Morgan fingerprint density at radius 1 is 0.717 bits per heavy atom. The second-order valence-corrected chi connectivity index (χ2v) is 20.3. The number of fused-ring (bicyclic) bond motifs is 10. The molecule has 8 heteroatoms. The second-order valence-electron chi connectivity index (χ2n) is 17.1. The molecule has 6 aliphatic rings. The maximum Gasteiger partial charge on any atom is 0.197 e. The first-order valence-electron chi connectivity index (χ1n) is 18.9. The first-order chi connectivity index (χ1) is 25.4. The van der Waals surface area contributed by atoms with Crippen molar-refractivity contribution in [1.82, 2.24) is 0 Å². The molecule has 3 fully saturated rings. The van der Waals surface area contributed by atoms with Crippen LogP contribution in [-0.2, 0) is 20.4 Å². The highest BCUT2D eigenvalue weighted by atomic mass is 32.1. The molecule has 0 bridgehead atoms. The second kappa shape index (κ2) is 10.8. The Kier molecular flexibility index (Phi) is 6.57. The monoisotopic (exact) mass is 751 g/mol. The quantitative estimate of drug-likeness (QED) is 0.133. The van der Waals surface area contributed by atoms with Gasteiger partial charge in [0, 0.05) is 53.1 Å². The summed E-state index contributed by atoms with van der Waals surface area (Å²) in [6.45, 7) is 9.17. The van der Waals surface area contributed by atoms with Gasteiger partial charge in [-0.1, -0.05) is 77.6 Å². The van der Waals surface area contributed by atoms with Crippen molar-refractivity contribution in [3.8, 4) is 0 Å². The first kappa shape index (κ1) is 32.3. The van der Waals surface area contributed by atoms with Gasteiger partial charge < -0.3 is 0 Å². The Balaban J connectivity index is 0.933. The van der Waals surface area contributed by atoms with Gasteiger partial charge in [-0.2, -0.15) is 0 Å². The maximum absolute atomic E-state index is 13.7. The molecule has 3 heterocycles. The van der Waals surface area contributed by atoms with Crippen LogP contribution in [0.1, 0.15) is 113 Å². The van der Waals surface area contributed by atoms with E-state index in [1.165, 1.54) is 62.4 Å². The summed E-state index contributed by atoms with van der Waals surface area (Å²) >= 11 is 5.08. The molecule has 0 spiro atoms. The van der Waals surface area contributed by atoms with Crippen LogP contribution in [0.3, 0.4) is 0 Å². The molecule has 3 aromatic heterocycles. The van der Waals surface area contributed by atoms with Crippen LogP contribution >= 0.6 is 34.0 Å². The van der Waals surface area contributed by atoms with Gasteiger partial charge in [-0.3, -0.25) is 19.2 Å². The Hall–Kier alpha value is -4.11. The molecule has 0 saturated heterocycles. The minimum atomic E-state index is -0.296. The number of nitrogens with zero attached hydrogens (tertiary/aromatic N) is 1. The van der Waals surface area contributed by atoms with Crippen molar-refractivity contribution in [3.05, 3.63) is 91.0 Å². The standard InChI is InChI=1S/C45H37NO4S3/c1-44(2)30-18-24(17-29-37(47)25-13-20-9-5-6-10-21(20)14-26(25)38(29)48)51-41(30)33-34(44)43-35(45(33,3)4)42-31(52-43)19-32(53-42)46-36-39(49)27-15-22-11-7-8-12-23(22)16-28(27)40(36)50/h5-6,9-10,13-14,17-19,22-23,27-28H,7-8,11-12,15-16H2,1-4H3. The fourth-order valence-electron chi connectivity index (χ4n) is 10.9. The van der Waals surface area contributed by atoms with Crippen molar-refractivity contribution in [2.75, 3.05) is 0 Å². The minimum absolute atomic E-state index is 0.0250. The van der Waals surface area contributed by atoms with Gasteiger partial charge in [-0.15, -0.1) is 34.0 Å². The fraction of sp³-hybridized carbons (Fsp3) is 0.356. The highest BCUT2D eigenvalue weighted by Crippen LogP contribution is 2.68. The summed E-state index contributed by atoms with van der Waals surface area (Å²) in [6.07, 6.45) is 8.39. The maximum atomic E-state index is 13.7. The van der Waals surface area contributed by atoms with Gasteiger partial charge in [0.1, 0.15) is 5.00 Å². The van der Waals surface area contributed by atoms with E-state index in [4.69, 9.17) is 4.99 Å². The van der Waals surface area contributed by atoms with Crippen LogP contribution in [0.4, 0.5) is 5.00 Å². The third kappa shape index (κ3) is 4.26. The highest BCUT2D eigenvalue weighted by Gasteiger charge is 2.54. The van der Waals surface area contributed by atoms with Gasteiger partial charge in [-0.05, 0) is 88.1 Å². The van der Waals surface area contributed by atoms with E-state index in [2.05, 4.69) is 39.8 Å². The van der Waals surface area contributed by atoms with Crippen LogP contribution in [0.5, 0.6) is 0 Å². The predicted octanol–water partition coefficient (Wildman–Crippen LogP) is 11.2. The van der Waals surface area contributed by atoms with E-state index in [9.17, 15) is 19.2 Å². The van der Waals surface area contributed by atoms with E-state index >= 15 is 0 Å². The Morgan fingerprint density at radius 3 is 1.94 bits per heavy atom. The van der Waals surface area contributed by atoms with Gasteiger partial charge >= 0.3 is 0 Å². The Bertz CT molecular complexity index is 2600. The number of hydrogen-bond acceptors (Lipinski definition) is 8. The molecule has 0 amide bonds. The van der Waals surface area contributed by atoms with Crippen molar-refractivity contribution in [2.45, 2.75) is 77.0 Å². The van der Waals surface area contributed by atoms with Crippen LogP contribution < -0.4 is 0 Å². The topological polar surface area (TPSA) is 80.6 Å². The summed E-state index contributed by atoms with van der Waals surface area (Å²) in [5, 5.41) is 2.65. The van der Waals surface area contributed by atoms with Crippen LogP contribution in [0, 0.1) is 23.7 Å². The number of Topliss-reactive ketones (excluding diaryl/α,β-unsaturated/α-hetero) is 4. The number of carbonyl (C=O) groups is 4. The van der Waals surface area contributed by atoms with E-state index in [0.29, 0.717) is 23.0 Å². The van der Waals surface area contributed by atoms with E-state index in [1.807, 2.05) is 42.5 Å². The normalized spacial score (nSPS) is 26.3. The van der Waals surface area contributed by atoms with Gasteiger partial charge in [0.15, 0.2) is 28.8 Å². The number of allylic oxidation sites excluding steroid dienone is 3. The predicted molar refractivity (Wildman–Crippen MR) is 216 cm³/mol. The highest BCUT2D eigenvalue weighted by molar-refractivity contribution is 7.30. The third-order valence-corrected chi connectivity index (χ3v) is 17.0. The average molecular weight is 752 g/mol. The number of aliphatic imine (C=N–C) groups is 1. The molecule has 11 rings (SSSR count). The first-order valence-corrected chi connectivity index (χ1v) is 21.3. The molecular formula is C45H37NO4S3. The lowest BCUT2D eigenvalue weighted by atomic mass is 9.64.